The highest BCUT2D eigenvalue weighted by atomic mass is 16.5. The van der Waals surface area contributed by atoms with Crippen LogP contribution in [0.4, 0.5) is 0 Å². The van der Waals surface area contributed by atoms with Crippen LogP contribution in [0.25, 0.3) is 0 Å². The highest BCUT2D eigenvalue weighted by Crippen LogP contribution is 2.26. The molecule has 0 amide bonds. The summed E-state index contributed by atoms with van der Waals surface area (Å²) in [6.45, 7) is 1.04. The van der Waals surface area contributed by atoms with Gasteiger partial charge in [0.05, 0.1) is 7.11 Å². The minimum atomic E-state index is -0.0635. The van der Waals surface area contributed by atoms with Crippen LogP contribution in [0, 0.1) is 0 Å². The Morgan fingerprint density at radius 3 is 2.93 bits per heavy atom. The Hall–Kier alpha value is -0.830. The second-order valence-electron chi connectivity index (χ2n) is 4.35. The molecular weight excluding hydrogens is 190 g/mol. The van der Waals surface area contributed by atoms with E-state index in [1.165, 1.54) is 26.4 Å². The lowest BCUT2D eigenvalue weighted by molar-refractivity contribution is -0.146. The van der Waals surface area contributed by atoms with E-state index in [0.717, 1.165) is 19.4 Å². The Kier molecular flexibility index (Phi) is 3.41. The molecule has 2 atom stereocenters. The molecule has 2 rings (SSSR count). The molecular formula is C12H19NO2. The molecule has 0 saturated carbocycles. The van der Waals surface area contributed by atoms with Crippen molar-refractivity contribution in [3.8, 4) is 0 Å². The molecule has 0 bridgehead atoms. The van der Waals surface area contributed by atoms with Crippen molar-refractivity contribution >= 4 is 5.97 Å². The van der Waals surface area contributed by atoms with Crippen LogP contribution in [0.3, 0.4) is 0 Å². The summed E-state index contributed by atoms with van der Waals surface area (Å²) in [5.74, 6) is -0.0635. The van der Waals surface area contributed by atoms with Crippen molar-refractivity contribution in [2.24, 2.45) is 0 Å². The zero-order valence-corrected chi connectivity index (χ0v) is 9.32. The Morgan fingerprint density at radius 2 is 2.27 bits per heavy atom. The van der Waals surface area contributed by atoms with Gasteiger partial charge in [0.25, 0.3) is 0 Å². The number of methoxy groups -OCH3 is 1. The van der Waals surface area contributed by atoms with Crippen LogP contribution >= 0.6 is 0 Å². The van der Waals surface area contributed by atoms with Crippen LogP contribution in [0.5, 0.6) is 0 Å². The third-order valence-electron chi connectivity index (χ3n) is 3.42. The number of carbonyl (C=O) groups is 1. The molecule has 84 valence electrons. The van der Waals surface area contributed by atoms with Gasteiger partial charge in [-0.1, -0.05) is 12.2 Å². The van der Waals surface area contributed by atoms with E-state index in [0.29, 0.717) is 6.04 Å². The standard InChI is InChI=1S/C12H19NO2/c1-15-12(14)11-8-5-9-13(11)10-6-3-2-4-7-10/h3,6,10-11H,2,4-5,7-9H2,1H3/t10-,11-/m0/s1. The van der Waals surface area contributed by atoms with Gasteiger partial charge in [-0.2, -0.15) is 0 Å². The number of hydrogen-bond donors (Lipinski definition) is 0. The molecule has 1 heterocycles. The molecule has 3 heteroatoms. The van der Waals surface area contributed by atoms with E-state index in [1.807, 2.05) is 0 Å². The molecule has 1 fully saturated rings. The molecule has 15 heavy (non-hydrogen) atoms. The van der Waals surface area contributed by atoms with Gasteiger partial charge in [-0.15, -0.1) is 0 Å². The second kappa shape index (κ2) is 4.79. The van der Waals surface area contributed by atoms with E-state index in [9.17, 15) is 4.79 Å². The van der Waals surface area contributed by atoms with Crippen LogP contribution in [0.2, 0.25) is 0 Å². The van der Waals surface area contributed by atoms with Crippen molar-refractivity contribution in [1.82, 2.24) is 4.90 Å². The summed E-state index contributed by atoms with van der Waals surface area (Å²) in [6, 6.07) is 0.466. The monoisotopic (exact) mass is 209 g/mol. The fourth-order valence-electron chi connectivity index (χ4n) is 2.65. The van der Waals surface area contributed by atoms with Gasteiger partial charge in [0, 0.05) is 6.04 Å². The molecule has 3 nitrogen and oxygen atoms in total. The molecule has 0 radical (unpaired) electrons. The van der Waals surface area contributed by atoms with E-state index in [2.05, 4.69) is 17.1 Å². The smallest absolute Gasteiger partial charge is 0.323 e. The predicted octanol–water partition coefficient (Wildman–Crippen LogP) is 1.73. The summed E-state index contributed by atoms with van der Waals surface area (Å²) in [6.07, 6.45) is 10.2. The number of allylic oxidation sites excluding steroid dienone is 1. The SMILES string of the molecule is COC(=O)[C@@H]1CCCN1[C@H]1C=CCCC1. The third-order valence-corrected chi connectivity index (χ3v) is 3.42. The Balaban J connectivity index is 2.03. The van der Waals surface area contributed by atoms with Crippen molar-refractivity contribution in [2.75, 3.05) is 13.7 Å². The van der Waals surface area contributed by atoms with Gasteiger partial charge in [0.2, 0.25) is 0 Å². The minimum Gasteiger partial charge on any atom is -0.468 e. The van der Waals surface area contributed by atoms with Gasteiger partial charge < -0.3 is 4.74 Å². The second-order valence-corrected chi connectivity index (χ2v) is 4.35. The van der Waals surface area contributed by atoms with Crippen LogP contribution in [-0.4, -0.2) is 36.6 Å². The van der Waals surface area contributed by atoms with Crippen molar-refractivity contribution in [3.63, 3.8) is 0 Å². The number of hydrogen-bond acceptors (Lipinski definition) is 3. The minimum absolute atomic E-state index is 0.00255. The molecule has 0 N–H and O–H groups in total. The van der Waals surface area contributed by atoms with Crippen LogP contribution in [-0.2, 0) is 9.53 Å². The fraction of sp³-hybridized carbons (Fsp3) is 0.750. The fourth-order valence-corrected chi connectivity index (χ4v) is 2.65. The molecule has 0 aromatic heterocycles. The zero-order valence-electron chi connectivity index (χ0n) is 9.32. The van der Waals surface area contributed by atoms with E-state index < -0.39 is 0 Å². The highest BCUT2D eigenvalue weighted by molar-refractivity contribution is 5.76. The van der Waals surface area contributed by atoms with Crippen molar-refractivity contribution in [3.05, 3.63) is 12.2 Å². The summed E-state index contributed by atoms with van der Waals surface area (Å²) in [5, 5.41) is 0. The largest absolute Gasteiger partial charge is 0.468 e. The average molecular weight is 209 g/mol. The van der Waals surface area contributed by atoms with Crippen molar-refractivity contribution in [2.45, 2.75) is 44.2 Å². The molecule has 2 aliphatic rings. The molecule has 0 unspecified atom stereocenters. The summed E-state index contributed by atoms with van der Waals surface area (Å²) in [5.41, 5.74) is 0. The van der Waals surface area contributed by atoms with E-state index in [-0.39, 0.29) is 12.0 Å². The van der Waals surface area contributed by atoms with Gasteiger partial charge in [0.1, 0.15) is 6.04 Å². The first-order chi connectivity index (χ1) is 7.33. The van der Waals surface area contributed by atoms with E-state index >= 15 is 0 Å². The Morgan fingerprint density at radius 1 is 1.40 bits per heavy atom. The average Bonchev–Trinajstić information content (AvgIpc) is 2.78. The summed E-state index contributed by atoms with van der Waals surface area (Å²) >= 11 is 0. The molecule has 1 aliphatic carbocycles. The van der Waals surface area contributed by atoms with Crippen molar-refractivity contribution in [1.29, 1.82) is 0 Å². The summed E-state index contributed by atoms with van der Waals surface area (Å²) < 4.78 is 4.85. The van der Waals surface area contributed by atoms with E-state index in [1.54, 1.807) is 0 Å². The topological polar surface area (TPSA) is 29.5 Å². The normalized spacial score (nSPS) is 31.8. The molecule has 0 aromatic rings. The third kappa shape index (κ3) is 2.23. The van der Waals surface area contributed by atoms with Crippen molar-refractivity contribution < 1.29 is 9.53 Å². The predicted molar refractivity (Wildman–Crippen MR) is 58.5 cm³/mol. The first kappa shape index (κ1) is 10.7. The lowest BCUT2D eigenvalue weighted by atomic mass is 10.0. The van der Waals surface area contributed by atoms with Gasteiger partial charge in [-0.05, 0) is 38.6 Å². The quantitative estimate of drug-likeness (QED) is 0.512. The first-order valence-electron chi connectivity index (χ1n) is 5.83. The van der Waals surface area contributed by atoms with Crippen LogP contribution < -0.4 is 0 Å². The maximum absolute atomic E-state index is 11.6. The van der Waals surface area contributed by atoms with Crippen LogP contribution in [0.15, 0.2) is 12.2 Å². The van der Waals surface area contributed by atoms with Gasteiger partial charge >= 0.3 is 5.97 Å². The number of likely N-dealkylation sites (tertiary alicyclic amines) is 1. The van der Waals surface area contributed by atoms with E-state index in [4.69, 9.17) is 4.74 Å². The van der Waals surface area contributed by atoms with Gasteiger partial charge in [-0.3, -0.25) is 9.69 Å². The maximum Gasteiger partial charge on any atom is 0.323 e. The summed E-state index contributed by atoms with van der Waals surface area (Å²) in [7, 11) is 1.48. The number of ether oxygens (including phenoxy) is 1. The molecule has 0 spiro atoms. The Labute approximate surface area is 91.1 Å². The number of nitrogens with zero attached hydrogens (tertiary/aromatic N) is 1. The number of esters is 1. The van der Waals surface area contributed by atoms with Gasteiger partial charge in [0.15, 0.2) is 0 Å². The summed E-state index contributed by atoms with van der Waals surface area (Å²) in [4.78, 5) is 13.9. The number of rotatable bonds is 2. The molecule has 1 aliphatic heterocycles. The maximum atomic E-state index is 11.6. The lowest BCUT2D eigenvalue weighted by Gasteiger charge is -2.31. The zero-order chi connectivity index (χ0) is 10.7. The molecule has 1 saturated heterocycles. The first-order valence-corrected chi connectivity index (χ1v) is 5.83. The Bertz CT molecular complexity index is 262. The molecule has 0 aromatic carbocycles. The number of carbonyl (C=O) groups excluding carboxylic acids is 1. The van der Waals surface area contributed by atoms with Crippen LogP contribution in [0.1, 0.15) is 32.1 Å². The lowest BCUT2D eigenvalue weighted by Crippen LogP contribution is -2.43. The highest BCUT2D eigenvalue weighted by Gasteiger charge is 2.35. The van der Waals surface area contributed by atoms with Gasteiger partial charge in [-0.25, -0.2) is 0 Å².